The van der Waals surface area contributed by atoms with Crippen molar-refractivity contribution in [2.45, 2.75) is 18.8 Å². The van der Waals surface area contributed by atoms with Gasteiger partial charge in [-0.1, -0.05) is 12.1 Å². The summed E-state index contributed by atoms with van der Waals surface area (Å²) >= 11 is 0. The molecular weight excluding hydrogens is 317 g/mol. The summed E-state index contributed by atoms with van der Waals surface area (Å²) in [5, 5.41) is 9.44. The third-order valence-electron chi connectivity index (χ3n) is 3.81. The minimum atomic E-state index is -4.54. The smallest absolute Gasteiger partial charge is 0.343 e. The molecule has 0 amide bonds. The molecule has 0 fully saturated rings. The molecule has 0 bridgehead atoms. The highest BCUT2D eigenvalue weighted by Gasteiger charge is 2.39. The second-order valence-electron chi connectivity index (χ2n) is 5.44. The summed E-state index contributed by atoms with van der Waals surface area (Å²) in [6.07, 6.45) is 0.123. The Hall–Kier alpha value is -2.85. The van der Waals surface area contributed by atoms with Gasteiger partial charge in [0.15, 0.2) is 0 Å². The van der Waals surface area contributed by atoms with Crippen molar-refractivity contribution < 1.29 is 13.2 Å². The van der Waals surface area contributed by atoms with E-state index in [0.717, 1.165) is 5.56 Å². The van der Waals surface area contributed by atoms with Gasteiger partial charge in [-0.2, -0.15) is 18.4 Å². The van der Waals surface area contributed by atoms with Crippen LogP contribution in [-0.4, -0.2) is 15.7 Å². The fourth-order valence-corrected chi connectivity index (χ4v) is 2.63. The standard InChI is InChI=1S/C17H13F3N4/c18-17(19,20)16(22)14-10-24(9-12-2-1-5-23-8-12)15-6-11(7-21)3-4-13(14)15/h1-6,8,10,16H,9,22H2. The first kappa shape index (κ1) is 16.0. The molecule has 2 aromatic heterocycles. The fourth-order valence-electron chi connectivity index (χ4n) is 2.63. The van der Waals surface area contributed by atoms with Gasteiger partial charge in [0.2, 0.25) is 0 Å². The average molecular weight is 330 g/mol. The van der Waals surface area contributed by atoms with Gasteiger partial charge in [-0.25, -0.2) is 0 Å². The number of hydrogen-bond donors (Lipinski definition) is 1. The van der Waals surface area contributed by atoms with Crippen molar-refractivity contribution in [1.82, 2.24) is 9.55 Å². The van der Waals surface area contributed by atoms with Gasteiger partial charge in [0.1, 0.15) is 6.04 Å². The largest absolute Gasteiger partial charge is 0.407 e. The van der Waals surface area contributed by atoms with E-state index in [1.165, 1.54) is 18.3 Å². The summed E-state index contributed by atoms with van der Waals surface area (Å²) in [5.41, 5.74) is 7.14. The second kappa shape index (κ2) is 5.98. The molecule has 0 saturated heterocycles. The number of fused-ring (bicyclic) bond motifs is 1. The summed E-state index contributed by atoms with van der Waals surface area (Å²) in [4.78, 5) is 4.01. The van der Waals surface area contributed by atoms with Crippen LogP contribution in [0.15, 0.2) is 48.9 Å². The predicted octanol–water partition coefficient (Wildman–Crippen LogP) is 3.52. The van der Waals surface area contributed by atoms with E-state index in [2.05, 4.69) is 4.98 Å². The maximum absolute atomic E-state index is 13.0. The van der Waals surface area contributed by atoms with E-state index in [1.807, 2.05) is 12.1 Å². The Balaban J connectivity index is 2.15. The van der Waals surface area contributed by atoms with Gasteiger partial charge in [-0.3, -0.25) is 4.98 Å². The number of alkyl halides is 3. The number of benzene rings is 1. The molecule has 0 saturated carbocycles. The van der Waals surface area contributed by atoms with Crippen LogP contribution in [-0.2, 0) is 6.54 Å². The van der Waals surface area contributed by atoms with E-state index in [-0.39, 0.29) is 5.56 Å². The molecule has 0 aliphatic carbocycles. The molecule has 7 heteroatoms. The summed E-state index contributed by atoms with van der Waals surface area (Å²) in [7, 11) is 0. The van der Waals surface area contributed by atoms with E-state index in [0.29, 0.717) is 23.0 Å². The molecule has 122 valence electrons. The monoisotopic (exact) mass is 330 g/mol. The molecule has 3 aromatic rings. The molecular formula is C17H13F3N4. The van der Waals surface area contributed by atoms with Crippen LogP contribution in [0.2, 0.25) is 0 Å². The average Bonchev–Trinajstić information content (AvgIpc) is 2.92. The van der Waals surface area contributed by atoms with Crippen LogP contribution in [0.4, 0.5) is 13.2 Å². The van der Waals surface area contributed by atoms with Crippen LogP contribution in [0.3, 0.4) is 0 Å². The first-order valence-electron chi connectivity index (χ1n) is 7.14. The highest BCUT2D eigenvalue weighted by molar-refractivity contribution is 5.86. The number of nitriles is 1. The Morgan fingerprint density at radius 1 is 1.29 bits per heavy atom. The van der Waals surface area contributed by atoms with E-state index in [1.54, 1.807) is 29.1 Å². The Bertz CT molecular complexity index is 907. The van der Waals surface area contributed by atoms with E-state index in [4.69, 9.17) is 11.0 Å². The second-order valence-corrected chi connectivity index (χ2v) is 5.44. The fraction of sp³-hybridized carbons (Fsp3) is 0.176. The third kappa shape index (κ3) is 2.96. The van der Waals surface area contributed by atoms with Gasteiger partial charge >= 0.3 is 6.18 Å². The highest BCUT2D eigenvalue weighted by Crippen LogP contribution is 2.36. The number of nitrogens with two attached hydrogens (primary N) is 1. The zero-order chi connectivity index (χ0) is 17.3. The van der Waals surface area contributed by atoms with E-state index < -0.39 is 12.2 Å². The first-order valence-corrected chi connectivity index (χ1v) is 7.14. The van der Waals surface area contributed by atoms with Crippen molar-refractivity contribution in [3.63, 3.8) is 0 Å². The molecule has 0 spiro atoms. The van der Waals surface area contributed by atoms with Crippen LogP contribution in [0.1, 0.15) is 22.7 Å². The van der Waals surface area contributed by atoms with E-state index >= 15 is 0 Å². The first-order chi connectivity index (χ1) is 11.4. The van der Waals surface area contributed by atoms with Crippen molar-refractivity contribution in [1.29, 1.82) is 5.26 Å². The number of nitrogens with zero attached hydrogens (tertiary/aromatic N) is 3. The predicted molar refractivity (Wildman–Crippen MR) is 83.0 cm³/mol. The lowest BCUT2D eigenvalue weighted by atomic mass is 10.1. The topological polar surface area (TPSA) is 67.6 Å². The quantitative estimate of drug-likeness (QED) is 0.799. The molecule has 0 aliphatic heterocycles. The molecule has 0 aliphatic rings. The summed E-state index contributed by atoms with van der Waals surface area (Å²) in [5.74, 6) is 0. The molecule has 1 aromatic carbocycles. The van der Waals surface area contributed by atoms with Gasteiger partial charge in [-0.05, 0) is 23.8 Å². The lowest BCUT2D eigenvalue weighted by Crippen LogP contribution is -2.28. The zero-order valence-electron chi connectivity index (χ0n) is 12.5. The number of hydrogen-bond acceptors (Lipinski definition) is 3. The minimum absolute atomic E-state index is 0.00844. The van der Waals surface area contributed by atoms with Crippen LogP contribution in [0.5, 0.6) is 0 Å². The summed E-state index contributed by atoms with van der Waals surface area (Å²) in [6.45, 7) is 0.337. The zero-order valence-corrected chi connectivity index (χ0v) is 12.5. The number of pyridine rings is 1. The molecule has 2 N–H and O–H groups in total. The van der Waals surface area contributed by atoms with Crippen molar-refractivity contribution >= 4 is 10.9 Å². The van der Waals surface area contributed by atoms with Gasteiger partial charge in [0.05, 0.1) is 11.6 Å². The lowest BCUT2D eigenvalue weighted by Gasteiger charge is -2.14. The van der Waals surface area contributed by atoms with Crippen molar-refractivity contribution in [3.05, 3.63) is 65.6 Å². The van der Waals surface area contributed by atoms with Crippen molar-refractivity contribution in [2.24, 2.45) is 5.73 Å². The Kier molecular flexibility index (Phi) is 3.99. The van der Waals surface area contributed by atoms with Gasteiger partial charge in [0.25, 0.3) is 0 Å². The Labute approximate surface area is 135 Å². The number of halogens is 3. The van der Waals surface area contributed by atoms with Crippen LogP contribution < -0.4 is 5.73 Å². The molecule has 0 radical (unpaired) electrons. The maximum atomic E-state index is 13.0. The molecule has 2 heterocycles. The van der Waals surface area contributed by atoms with Gasteiger partial charge < -0.3 is 10.3 Å². The minimum Gasteiger partial charge on any atom is -0.343 e. The van der Waals surface area contributed by atoms with Crippen LogP contribution in [0.25, 0.3) is 10.9 Å². The van der Waals surface area contributed by atoms with Crippen LogP contribution >= 0.6 is 0 Å². The Morgan fingerprint density at radius 3 is 2.71 bits per heavy atom. The molecule has 3 rings (SSSR count). The molecule has 1 unspecified atom stereocenters. The van der Waals surface area contributed by atoms with Crippen molar-refractivity contribution in [3.8, 4) is 6.07 Å². The number of rotatable bonds is 3. The third-order valence-corrected chi connectivity index (χ3v) is 3.81. The maximum Gasteiger partial charge on any atom is 0.407 e. The van der Waals surface area contributed by atoms with E-state index in [9.17, 15) is 13.2 Å². The Morgan fingerprint density at radius 2 is 2.08 bits per heavy atom. The highest BCUT2D eigenvalue weighted by atomic mass is 19.4. The molecule has 24 heavy (non-hydrogen) atoms. The van der Waals surface area contributed by atoms with Gasteiger partial charge in [0, 0.05) is 41.6 Å². The van der Waals surface area contributed by atoms with Crippen molar-refractivity contribution in [2.75, 3.05) is 0 Å². The summed E-state index contributed by atoms with van der Waals surface area (Å²) < 4.78 is 40.8. The molecule has 4 nitrogen and oxygen atoms in total. The van der Waals surface area contributed by atoms with Crippen LogP contribution in [0, 0.1) is 11.3 Å². The van der Waals surface area contributed by atoms with Gasteiger partial charge in [-0.15, -0.1) is 0 Å². The molecule has 1 atom stereocenters. The SMILES string of the molecule is N#Cc1ccc2c(C(N)C(F)(F)F)cn(Cc3cccnc3)c2c1. The number of aromatic nitrogens is 2. The summed E-state index contributed by atoms with van der Waals surface area (Å²) in [6, 6.07) is 8.07. The lowest BCUT2D eigenvalue weighted by molar-refractivity contribution is -0.148. The normalized spacial score (nSPS) is 13.0.